The standard InChI is InChI=1S/C29H38N2O/c1-21-27-16-22-10-11-25(32)17-26(22)28(21,2)12-15-31(27)19-24-18-29(24,20-30-13-6-7-14-30)23-8-4-3-5-9-23/h3-5,8-11,17,21,24,27,32H,6-7,12-16,18-20H2,1-2H3/t21-,24-,27?,28+,29+/m0/s1. The van der Waals surface area contributed by atoms with E-state index in [4.69, 9.17) is 0 Å². The zero-order chi connectivity index (χ0) is 21.9. The summed E-state index contributed by atoms with van der Waals surface area (Å²) in [6.45, 7) is 11.1. The highest BCUT2D eigenvalue weighted by molar-refractivity contribution is 5.44. The van der Waals surface area contributed by atoms with Crippen LogP contribution in [0.5, 0.6) is 5.75 Å². The smallest absolute Gasteiger partial charge is 0.115 e. The highest BCUT2D eigenvalue weighted by Gasteiger charge is 2.58. The van der Waals surface area contributed by atoms with E-state index in [0.717, 1.165) is 12.3 Å². The normalized spacial score (nSPS) is 36.8. The van der Waals surface area contributed by atoms with E-state index in [2.05, 4.69) is 66.1 Å². The number of hydrogen-bond donors (Lipinski definition) is 1. The first-order chi connectivity index (χ1) is 15.5. The number of fused-ring (bicyclic) bond motifs is 4. The number of likely N-dealkylation sites (tertiary alicyclic amines) is 2. The monoisotopic (exact) mass is 430 g/mol. The van der Waals surface area contributed by atoms with Crippen molar-refractivity contribution in [2.75, 3.05) is 32.7 Å². The van der Waals surface area contributed by atoms with Crippen molar-refractivity contribution in [1.29, 1.82) is 0 Å². The van der Waals surface area contributed by atoms with Gasteiger partial charge in [-0.1, -0.05) is 50.2 Å². The number of benzene rings is 2. The van der Waals surface area contributed by atoms with E-state index in [9.17, 15) is 5.11 Å². The average molecular weight is 431 g/mol. The quantitative estimate of drug-likeness (QED) is 0.725. The van der Waals surface area contributed by atoms with Crippen molar-refractivity contribution in [2.24, 2.45) is 11.8 Å². The molecule has 6 rings (SSSR count). The molecule has 3 fully saturated rings. The maximum atomic E-state index is 10.1. The molecule has 2 aromatic rings. The van der Waals surface area contributed by atoms with Gasteiger partial charge in [-0.25, -0.2) is 0 Å². The van der Waals surface area contributed by atoms with Crippen LogP contribution >= 0.6 is 0 Å². The average Bonchev–Trinajstić information content (AvgIpc) is 3.22. The maximum Gasteiger partial charge on any atom is 0.115 e. The molecular weight excluding hydrogens is 392 g/mol. The lowest BCUT2D eigenvalue weighted by Crippen LogP contribution is -2.58. The fourth-order valence-corrected chi connectivity index (χ4v) is 7.57. The van der Waals surface area contributed by atoms with Gasteiger partial charge in [-0.2, -0.15) is 0 Å². The fraction of sp³-hybridized carbons (Fsp3) is 0.586. The number of rotatable bonds is 5. The summed E-state index contributed by atoms with van der Waals surface area (Å²) < 4.78 is 0. The van der Waals surface area contributed by atoms with Gasteiger partial charge in [0.25, 0.3) is 0 Å². The van der Waals surface area contributed by atoms with Gasteiger partial charge in [0, 0.05) is 24.5 Å². The van der Waals surface area contributed by atoms with Gasteiger partial charge in [0.1, 0.15) is 5.75 Å². The molecule has 5 atom stereocenters. The largest absolute Gasteiger partial charge is 0.508 e. The molecule has 2 aromatic carbocycles. The Kier molecular flexibility index (Phi) is 4.93. The summed E-state index contributed by atoms with van der Waals surface area (Å²) in [6, 6.07) is 18.1. The van der Waals surface area contributed by atoms with E-state index in [1.165, 1.54) is 69.5 Å². The van der Waals surface area contributed by atoms with E-state index in [1.54, 1.807) is 5.56 Å². The minimum atomic E-state index is 0.184. The number of phenols is 1. The Morgan fingerprint density at radius 3 is 2.59 bits per heavy atom. The van der Waals surface area contributed by atoms with Crippen LogP contribution in [0.4, 0.5) is 0 Å². The number of nitrogens with zero attached hydrogens (tertiary/aromatic N) is 2. The molecule has 0 aromatic heterocycles. The van der Waals surface area contributed by atoms with E-state index >= 15 is 0 Å². The minimum absolute atomic E-state index is 0.184. The third-order valence-electron chi connectivity index (χ3n) is 9.85. The lowest BCUT2D eigenvalue weighted by Gasteiger charge is -2.55. The molecule has 1 saturated carbocycles. The number of aromatic hydroxyl groups is 1. The Labute approximate surface area is 193 Å². The highest BCUT2D eigenvalue weighted by Crippen LogP contribution is 2.57. The van der Waals surface area contributed by atoms with Gasteiger partial charge in [0.05, 0.1) is 0 Å². The minimum Gasteiger partial charge on any atom is -0.508 e. The van der Waals surface area contributed by atoms with Crippen LogP contribution < -0.4 is 0 Å². The van der Waals surface area contributed by atoms with E-state index < -0.39 is 0 Å². The molecule has 0 radical (unpaired) electrons. The predicted octanol–water partition coefficient (Wildman–Crippen LogP) is 4.97. The fourth-order valence-electron chi connectivity index (χ4n) is 7.57. The summed E-state index contributed by atoms with van der Waals surface area (Å²) in [6.07, 6.45) is 6.40. The maximum absolute atomic E-state index is 10.1. The zero-order valence-electron chi connectivity index (χ0n) is 19.8. The molecule has 1 unspecified atom stereocenters. The van der Waals surface area contributed by atoms with Gasteiger partial charge in [0.2, 0.25) is 0 Å². The molecule has 3 heteroatoms. The molecule has 2 bridgehead atoms. The molecule has 32 heavy (non-hydrogen) atoms. The van der Waals surface area contributed by atoms with Gasteiger partial charge >= 0.3 is 0 Å². The Bertz CT molecular complexity index is 984. The Morgan fingerprint density at radius 1 is 1.03 bits per heavy atom. The molecule has 0 spiro atoms. The van der Waals surface area contributed by atoms with Crippen molar-refractivity contribution < 1.29 is 5.11 Å². The summed E-state index contributed by atoms with van der Waals surface area (Å²) >= 11 is 0. The van der Waals surface area contributed by atoms with Crippen molar-refractivity contribution in [2.45, 2.75) is 62.8 Å². The van der Waals surface area contributed by atoms with Crippen LogP contribution in [0, 0.1) is 11.8 Å². The molecule has 4 aliphatic rings. The van der Waals surface area contributed by atoms with Gasteiger partial charge in [-0.15, -0.1) is 0 Å². The van der Waals surface area contributed by atoms with Crippen LogP contribution in [0.15, 0.2) is 48.5 Å². The summed E-state index contributed by atoms with van der Waals surface area (Å²) in [5.41, 5.74) is 4.97. The second kappa shape index (κ2) is 7.60. The molecule has 2 saturated heterocycles. The predicted molar refractivity (Wildman–Crippen MR) is 130 cm³/mol. The van der Waals surface area contributed by atoms with E-state index in [0.29, 0.717) is 23.1 Å². The third-order valence-corrected chi connectivity index (χ3v) is 9.85. The van der Waals surface area contributed by atoms with Crippen molar-refractivity contribution in [3.63, 3.8) is 0 Å². The first-order valence-corrected chi connectivity index (χ1v) is 12.8. The lowest BCUT2D eigenvalue weighted by molar-refractivity contribution is 0.0263. The number of phenolic OH excluding ortho intramolecular Hbond substituents is 1. The van der Waals surface area contributed by atoms with Gasteiger partial charge < -0.3 is 10.0 Å². The van der Waals surface area contributed by atoms with Gasteiger partial charge in [-0.05, 0) is 97.8 Å². The summed E-state index contributed by atoms with van der Waals surface area (Å²) in [5, 5.41) is 10.1. The van der Waals surface area contributed by atoms with Crippen LogP contribution in [0.2, 0.25) is 0 Å². The molecule has 2 heterocycles. The number of hydrogen-bond acceptors (Lipinski definition) is 3. The summed E-state index contributed by atoms with van der Waals surface area (Å²) in [5.74, 6) is 1.81. The number of piperidine rings is 1. The molecule has 2 aliphatic carbocycles. The van der Waals surface area contributed by atoms with Crippen LogP contribution in [0.25, 0.3) is 0 Å². The molecule has 1 N–H and O–H groups in total. The zero-order valence-corrected chi connectivity index (χ0v) is 19.8. The second-order valence-corrected chi connectivity index (χ2v) is 11.5. The van der Waals surface area contributed by atoms with E-state index in [-0.39, 0.29) is 5.41 Å². The Hall–Kier alpha value is -1.84. The van der Waals surface area contributed by atoms with Crippen LogP contribution in [-0.2, 0) is 17.3 Å². The molecule has 0 amide bonds. The van der Waals surface area contributed by atoms with Crippen LogP contribution in [0.3, 0.4) is 0 Å². The Morgan fingerprint density at radius 2 is 1.81 bits per heavy atom. The molecule has 2 aliphatic heterocycles. The van der Waals surface area contributed by atoms with Crippen molar-refractivity contribution >= 4 is 0 Å². The van der Waals surface area contributed by atoms with Gasteiger partial charge in [0.15, 0.2) is 0 Å². The summed E-state index contributed by atoms with van der Waals surface area (Å²) in [7, 11) is 0. The first-order valence-electron chi connectivity index (χ1n) is 12.8. The second-order valence-electron chi connectivity index (χ2n) is 11.5. The van der Waals surface area contributed by atoms with Crippen molar-refractivity contribution in [1.82, 2.24) is 9.80 Å². The SMILES string of the molecule is C[C@H]1C2Cc3ccc(O)cc3[C@]1(C)CCN2C[C@@H]1C[C@@]1(CN1CCCC1)c1ccccc1. The van der Waals surface area contributed by atoms with Gasteiger partial charge in [-0.3, -0.25) is 4.90 Å². The lowest BCUT2D eigenvalue weighted by atomic mass is 9.59. The topological polar surface area (TPSA) is 26.7 Å². The highest BCUT2D eigenvalue weighted by atomic mass is 16.3. The van der Waals surface area contributed by atoms with E-state index in [1.807, 2.05) is 6.07 Å². The Balaban J connectivity index is 1.24. The molecular formula is C29H38N2O. The van der Waals surface area contributed by atoms with Crippen LogP contribution in [0.1, 0.15) is 56.2 Å². The first kappa shape index (κ1) is 20.7. The van der Waals surface area contributed by atoms with Crippen molar-refractivity contribution in [3.05, 3.63) is 65.2 Å². The molecule has 170 valence electrons. The van der Waals surface area contributed by atoms with Crippen LogP contribution in [-0.4, -0.2) is 53.7 Å². The van der Waals surface area contributed by atoms with Crippen molar-refractivity contribution in [3.8, 4) is 5.75 Å². The summed E-state index contributed by atoms with van der Waals surface area (Å²) in [4.78, 5) is 5.58. The molecule has 3 nitrogen and oxygen atoms in total. The third kappa shape index (κ3) is 3.23.